The molecule has 14 heteroatoms. The average Bonchev–Trinajstić information content (AvgIpc) is 3.75. The quantitative estimate of drug-likeness (QED) is 0.105. The molecule has 2 fully saturated rings. The van der Waals surface area contributed by atoms with Crippen LogP contribution in [0.25, 0.3) is 0 Å². The molecule has 2 unspecified atom stereocenters. The van der Waals surface area contributed by atoms with Gasteiger partial charge >= 0.3 is 5.97 Å². The van der Waals surface area contributed by atoms with Gasteiger partial charge in [-0.2, -0.15) is 0 Å². The predicted octanol–water partition coefficient (Wildman–Crippen LogP) is 3.11. The maximum atomic E-state index is 14.1. The Morgan fingerprint density at radius 2 is 1.63 bits per heavy atom. The first-order valence-electron chi connectivity index (χ1n) is 18.1. The summed E-state index contributed by atoms with van der Waals surface area (Å²) < 4.78 is 12.4. The maximum Gasteiger partial charge on any atom is 0.303 e. The van der Waals surface area contributed by atoms with Crippen LogP contribution < -0.4 is 21.3 Å². The number of H-pyrrole nitrogens is 1. The molecule has 1 aromatic heterocycles. The molecule has 3 rings (SSSR count). The number of unbranched alkanes of at least 4 members (excludes halogenated alkanes) is 4. The minimum absolute atomic E-state index is 0.127. The number of carboxylic acid groups (broad SMARTS) is 1. The van der Waals surface area contributed by atoms with E-state index in [9.17, 15) is 24.0 Å². The Hall–Kier alpha value is -3.52. The fourth-order valence-corrected chi connectivity index (χ4v) is 6.58. The summed E-state index contributed by atoms with van der Waals surface area (Å²) in [6, 6.07) is -3.14. The summed E-state index contributed by atoms with van der Waals surface area (Å²) in [5.74, 6) is -2.41. The number of carboxylic acids is 1. The van der Waals surface area contributed by atoms with E-state index in [4.69, 9.17) is 14.6 Å². The first-order valence-corrected chi connectivity index (χ1v) is 18.1. The summed E-state index contributed by atoms with van der Waals surface area (Å²) in [4.78, 5) is 70.0. The summed E-state index contributed by atoms with van der Waals surface area (Å²) >= 11 is 0. The van der Waals surface area contributed by atoms with Crippen LogP contribution in [0.2, 0.25) is 0 Å². The summed E-state index contributed by atoms with van der Waals surface area (Å²) in [5, 5.41) is 20.2. The summed E-state index contributed by atoms with van der Waals surface area (Å²) in [6.07, 6.45) is 14.0. The van der Waals surface area contributed by atoms with Crippen LogP contribution in [0.4, 0.5) is 0 Å². The molecule has 0 aromatic carbocycles. The number of carbonyl (C=O) groups excluding carboxylic acids is 4. The number of aliphatic carboxylic acids is 1. The van der Waals surface area contributed by atoms with Crippen molar-refractivity contribution in [1.82, 2.24) is 31.2 Å². The molecule has 1 saturated carbocycles. The molecule has 14 nitrogen and oxygen atoms in total. The number of carbonyl (C=O) groups is 5. The molecule has 0 radical (unpaired) electrons. The van der Waals surface area contributed by atoms with Gasteiger partial charge in [0.15, 0.2) is 6.29 Å². The molecule has 6 N–H and O–H groups in total. The third-order valence-corrected chi connectivity index (χ3v) is 9.33. The molecule has 1 aliphatic heterocycles. The minimum Gasteiger partial charge on any atom is -0.481 e. The molecule has 0 spiro atoms. The predicted molar refractivity (Wildman–Crippen MR) is 182 cm³/mol. The van der Waals surface area contributed by atoms with Gasteiger partial charge in [-0.05, 0) is 38.0 Å². The lowest BCUT2D eigenvalue weighted by atomic mass is 9.84. The lowest BCUT2D eigenvalue weighted by Gasteiger charge is -2.31. The lowest BCUT2D eigenvalue weighted by molar-refractivity contribution is -0.137. The number of aromatic amines is 1. The van der Waals surface area contributed by atoms with Crippen LogP contribution in [-0.2, 0) is 39.9 Å². The number of ether oxygens (including phenoxy) is 2. The van der Waals surface area contributed by atoms with Crippen molar-refractivity contribution >= 4 is 29.6 Å². The standard InChI is InChI=1S/C35H58N6O8/c1-22(2)31(41-32(45)23(3)38-24(4)42)34(47)39-28(17-25-13-9-8-10-14-25)33(46)40-29(18-26-19-36-21-37-26)35-48-20-27(49-35)15-11-6-5-7-12-16-30(43)44/h19,21-23,25,27-29,31,35H,5-18,20H2,1-4H3,(H,36,37)(H,38,42)(H,39,47)(H,40,46)(H,41,45)(H,43,44)/t23-,27?,28-,29-,31-,35?/m0/s1. The van der Waals surface area contributed by atoms with E-state index in [0.29, 0.717) is 25.9 Å². The monoisotopic (exact) mass is 690 g/mol. The van der Waals surface area contributed by atoms with Crippen LogP contribution in [0.3, 0.4) is 0 Å². The highest BCUT2D eigenvalue weighted by Crippen LogP contribution is 2.28. The van der Waals surface area contributed by atoms with Crippen molar-refractivity contribution in [1.29, 1.82) is 0 Å². The molecule has 4 amide bonds. The smallest absolute Gasteiger partial charge is 0.303 e. The van der Waals surface area contributed by atoms with E-state index in [1.807, 2.05) is 13.8 Å². The second kappa shape index (κ2) is 20.9. The van der Waals surface area contributed by atoms with Gasteiger partial charge in [-0.15, -0.1) is 0 Å². The number of hydrogen-bond acceptors (Lipinski definition) is 8. The van der Waals surface area contributed by atoms with E-state index >= 15 is 0 Å². The third-order valence-electron chi connectivity index (χ3n) is 9.33. The molecule has 2 heterocycles. The Kier molecular flexibility index (Phi) is 17.0. The van der Waals surface area contributed by atoms with Crippen LogP contribution in [0.1, 0.15) is 117 Å². The number of hydrogen-bond donors (Lipinski definition) is 6. The van der Waals surface area contributed by atoms with Crippen molar-refractivity contribution in [3.63, 3.8) is 0 Å². The average molecular weight is 691 g/mol. The third kappa shape index (κ3) is 14.5. The molecule has 1 aromatic rings. The van der Waals surface area contributed by atoms with Crippen LogP contribution in [0.15, 0.2) is 12.5 Å². The minimum atomic E-state index is -0.911. The van der Waals surface area contributed by atoms with Gasteiger partial charge in [0.25, 0.3) is 0 Å². The van der Waals surface area contributed by atoms with Gasteiger partial charge in [0, 0.05) is 31.7 Å². The van der Waals surface area contributed by atoms with E-state index in [2.05, 4.69) is 31.2 Å². The number of amides is 4. The fraction of sp³-hybridized carbons (Fsp3) is 0.771. The Balaban J connectivity index is 1.67. The van der Waals surface area contributed by atoms with Gasteiger partial charge in [0.2, 0.25) is 23.6 Å². The first-order chi connectivity index (χ1) is 23.4. The van der Waals surface area contributed by atoms with E-state index in [1.54, 1.807) is 19.4 Å². The second-order valence-corrected chi connectivity index (χ2v) is 14.0. The Morgan fingerprint density at radius 1 is 0.918 bits per heavy atom. The zero-order valence-electron chi connectivity index (χ0n) is 29.6. The number of nitrogens with zero attached hydrogens (tertiary/aromatic N) is 1. The molecule has 1 aliphatic carbocycles. The van der Waals surface area contributed by atoms with Crippen molar-refractivity contribution in [2.24, 2.45) is 11.8 Å². The van der Waals surface area contributed by atoms with Crippen LogP contribution in [-0.4, -0.2) is 87.8 Å². The summed E-state index contributed by atoms with van der Waals surface area (Å²) in [5.41, 5.74) is 0.797. The Bertz CT molecular complexity index is 1190. The first kappa shape index (κ1) is 39.9. The van der Waals surface area contributed by atoms with Gasteiger partial charge in [-0.1, -0.05) is 71.6 Å². The highest BCUT2D eigenvalue weighted by atomic mass is 16.7. The van der Waals surface area contributed by atoms with Gasteiger partial charge in [0.1, 0.15) is 18.1 Å². The maximum absolute atomic E-state index is 14.1. The second-order valence-electron chi connectivity index (χ2n) is 14.0. The van der Waals surface area contributed by atoms with Gasteiger partial charge in [-0.25, -0.2) is 4.98 Å². The zero-order chi connectivity index (χ0) is 35.8. The zero-order valence-corrected chi connectivity index (χ0v) is 29.6. The highest BCUT2D eigenvalue weighted by molar-refractivity contribution is 5.94. The number of nitrogens with one attached hydrogen (secondary N) is 5. The van der Waals surface area contributed by atoms with Gasteiger partial charge in [0.05, 0.1) is 25.1 Å². The molecule has 1 saturated heterocycles. The van der Waals surface area contributed by atoms with Crippen LogP contribution >= 0.6 is 0 Å². The molecule has 0 bridgehead atoms. The van der Waals surface area contributed by atoms with Gasteiger partial charge < -0.3 is 40.8 Å². The topological polar surface area (TPSA) is 201 Å². The van der Waals surface area contributed by atoms with E-state index in [1.165, 1.54) is 6.92 Å². The molecule has 49 heavy (non-hydrogen) atoms. The molecule has 276 valence electrons. The summed E-state index contributed by atoms with van der Waals surface area (Å²) in [7, 11) is 0. The van der Waals surface area contributed by atoms with Crippen LogP contribution in [0.5, 0.6) is 0 Å². The van der Waals surface area contributed by atoms with Crippen molar-refractivity contribution in [3.05, 3.63) is 18.2 Å². The largest absolute Gasteiger partial charge is 0.481 e. The van der Waals surface area contributed by atoms with Crippen molar-refractivity contribution in [3.8, 4) is 0 Å². The van der Waals surface area contributed by atoms with E-state index in [-0.39, 0.29) is 36.2 Å². The number of aromatic nitrogens is 2. The highest BCUT2D eigenvalue weighted by Gasteiger charge is 2.37. The SMILES string of the molecule is CC(=O)N[C@@H](C)C(=O)N[C@H](C(=O)N[C@@H](CC1CCCCC1)C(=O)N[C@@H](Cc1cnc[nH]1)C1OCC(CCCCCCCC(=O)O)O1)C(C)C. The molecule has 6 atom stereocenters. The lowest BCUT2D eigenvalue weighted by Crippen LogP contribution is -2.59. The van der Waals surface area contributed by atoms with Crippen LogP contribution in [0, 0.1) is 11.8 Å². The normalized spacial score (nSPS) is 20.6. The Morgan fingerprint density at radius 3 is 2.29 bits per heavy atom. The number of rotatable bonds is 21. The molecular weight excluding hydrogens is 632 g/mol. The van der Waals surface area contributed by atoms with Crippen molar-refractivity contribution in [2.75, 3.05) is 6.61 Å². The molecule has 2 aliphatic rings. The number of imidazole rings is 1. The van der Waals surface area contributed by atoms with Crippen molar-refractivity contribution < 1.29 is 38.6 Å². The Labute approximate surface area is 290 Å². The van der Waals surface area contributed by atoms with E-state index < -0.39 is 48.2 Å². The van der Waals surface area contributed by atoms with E-state index in [0.717, 1.165) is 69.9 Å². The summed E-state index contributed by atoms with van der Waals surface area (Å²) in [6.45, 7) is 6.90. The van der Waals surface area contributed by atoms with Gasteiger partial charge in [-0.3, -0.25) is 24.0 Å². The molecular formula is C35H58N6O8. The van der Waals surface area contributed by atoms with Crippen molar-refractivity contribution in [2.45, 2.75) is 154 Å². The fourth-order valence-electron chi connectivity index (χ4n) is 6.58.